The molecule has 3 rings (SSSR count). The van der Waals surface area contributed by atoms with Gasteiger partial charge in [-0.05, 0) is 42.8 Å². The van der Waals surface area contributed by atoms with Crippen LogP contribution in [0.15, 0.2) is 58.6 Å². The SMILES string of the molecule is [C-]#[N+]c1cccc(/C(C)=N/OC2CCN(S(=O)(=O)c3ccc(OC(F)(F)F)cc3)CC2)c1. The Morgan fingerprint density at radius 1 is 1.16 bits per heavy atom. The van der Waals surface area contributed by atoms with Crippen molar-refractivity contribution in [1.82, 2.24) is 4.31 Å². The first-order valence-electron chi connectivity index (χ1n) is 9.63. The topological polar surface area (TPSA) is 72.6 Å². The van der Waals surface area contributed by atoms with Gasteiger partial charge in [0.15, 0.2) is 5.69 Å². The van der Waals surface area contributed by atoms with Crippen LogP contribution < -0.4 is 4.74 Å². The maximum Gasteiger partial charge on any atom is 0.573 e. The maximum absolute atomic E-state index is 12.8. The highest BCUT2D eigenvalue weighted by Crippen LogP contribution is 2.27. The lowest BCUT2D eigenvalue weighted by Gasteiger charge is -2.30. The van der Waals surface area contributed by atoms with E-state index in [0.29, 0.717) is 24.2 Å². The number of sulfonamides is 1. The molecule has 11 heteroatoms. The first-order chi connectivity index (χ1) is 15.1. The van der Waals surface area contributed by atoms with Crippen LogP contribution in [0.3, 0.4) is 0 Å². The zero-order valence-corrected chi connectivity index (χ0v) is 17.9. The Kier molecular flexibility index (Phi) is 7.06. The second kappa shape index (κ2) is 9.58. The smallest absolute Gasteiger partial charge is 0.406 e. The molecule has 170 valence electrons. The van der Waals surface area contributed by atoms with Gasteiger partial charge in [0.2, 0.25) is 10.0 Å². The summed E-state index contributed by atoms with van der Waals surface area (Å²) in [6.45, 7) is 9.21. The van der Waals surface area contributed by atoms with Gasteiger partial charge in [0, 0.05) is 25.9 Å². The fraction of sp³-hybridized carbons (Fsp3) is 0.333. The number of hydrogen-bond acceptors (Lipinski definition) is 5. The highest BCUT2D eigenvalue weighted by atomic mass is 32.2. The van der Waals surface area contributed by atoms with E-state index in [-0.39, 0.29) is 24.1 Å². The molecule has 1 fully saturated rings. The van der Waals surface area contributed by atoms with Gasteiger partial charge in [0.05, 0.1) is 17.2 Å². The van der Waals surface area contributed by atoms with Crippen molar-refractivity contribution in [3.05, 3.63) is 65.5 Å². The molecule has 32 heavy (non-hydrogen) atoms. The number of oxime groups is 1. The highest BCUT2D eigenvalue weighted by molar-refractivity contribution is 7.89. The fourth-order valence-corrected chi connectivity index (χ4v) is 4.62. The van der Waals surface area contributed by atoms with E-state index in [1.54, 1.807) is 25.1 Å². The summed E-state index contributed by atoms with van der Waals surface area (Å²) in [6.07, 6.45) is -4.30. The summed E-state index contributed by atoms with van der Waals surface area (Å²) in [4.78, 5) is 8.83. The van der Waals surface area contributed by atoms with Crippen molar-refractivity contribution >= 4 is 21.4 Å². The van der Waals surface area contributed by atoms with E-state index >= 15 is 0 Å². The first-order valence-corrected chi connectivity index (χ1v) is 11.1. The average molecular weight is 467 g/mol. The van der Waals surface area contributed by atoms with Gasteiger partial charge in [0.25, 0.3) is 0 Å². The van der Waals surface area contributed by atoms with Crippen molar-refractivity contribution in [2.24, 2.45) is 5.16 Å². The Morgan fingerprint density at radius 2 is 1.81 bits per heavy atom. The van der Waals surface area contributed by atoms with E-state index in [0.717, 1.165) is 29.8 Å². The summed E-state index contributed by atoms with van der Waals surface area (Å²) in [5.74, 6) is -0.487. The summed E-state index contributed by atoms with van der Waals surface area (Å²) in [5, 5.41) is 4.12. The Morgan fingerprint density at radius 3 is 2.41 bits per heavy atom. The summed E-state index contributed by atoms with van der Waals surface area (Å²) in [7, 11) is -3.85. The number of alkyl halides is 3. The number of rotatable bonds is 6. The number of nitrogens with zero attached hydrogens (tertiary/aromatic N) is 3. The van der Waals surface area contributed by atoms with Crippen LogP contribution in [0.5, 0.6) is 5.75 Å². The fourth-order valence-electron chi connectivity index (χ4n) is 3.15. The minimum atomic E-state index is -4.84. The van der Waals surface area contributed by atoms with Crippen molar-refractivity contribution < 1.29 is 31.2 Å². The van der Waals surface area contributed by atoms with E-state index in [1.807, 2.05) is 6.07 Å². The molecule has 1 heterocycles. The molecule has 1 saturated heterocycles. The molecule has 0 bridgehead atoms. The monoisotopic (exact) mass is 467 g/mol. The Hall–Kier alpha value is -3.10. The van der Waals surface area contributed by atoms with Crippen LogP contribution in [-0.2, 0) is 14.9 Å². The van der Waals surface area contributed by atoms with Crippen LogP contribution in [0.2, 0.25) is 0 Å². The second-order valence-corrected chi connectivity index (χ2v) is 9.00. The van der Waals surface area contributed by atoms with Gasteiger partial charge in [-0.3, -0.25) is 0 Å². The number of halogens is 3. The molecule has 0 amide bonds. The third kappa shape index (κ3) is 5.99. The highest BCUT2D eigenvalue weighted by Gasteiger charge is 2.32. The maximum atomic E-state index is 12.8. The molecule has 0 spiro atoms. The largest absolute Gasteiger partial charge is 0.573 e. The molecule has 0 N–H and O–H groups in total. The van der Waals surface area contributed by atoms with E-state index in [1.165, 1.54) is 4.31 Å². The molecule has 1 aliphatic rings. The average Bonchev–Trinajstić information content (AvgIpc) is 2.77. The van der Waals surface area contributed by atoms with Crippen LogP contribution in [-0.4, -0.2) is 44.0 Å². The number of benzene rings is 2. The number of hydrogen-bond donors (Lipinski definition) is 0. The number of piperidine rings is 1. The number of ether oxygens (including phenoxy) is 1. The third-order valence-corrected chi connectivity index (χ3v) is 6.74. The van der Waals surface area contributed by atoms with E-state index in [4.69, 9.17) is 11.4 Å². The molecular weight excluding hydrogens is 447 g/mol. The third-order valence-electron chi connectivity index (χ3n) is 4.83. The standard InChI is InChI=1S/C21H20F3N3O4S/c1-15(16-4-3-5-17(14-16)25-2)26-31-19-10-12-27(13-11-19)32(28,29)20-8-6-18(7-9-20)30-21(22,23)24/h3-9,14,19H,10-13H2,1H3/b26-15+. The lowest BCUT2D eigenvalue weighted by atomic mass is 10.1. The predicted octanol–water partition coefficient (Wildman–Crippen LogP) is 4.73. The quantitative estimate of drug-likeness (QED) is 0.350. The van der Waals surface area contributed by atoms with Crippen molar-refractivity contribution in [3.8, 4) is 5.75 Å². The molecule has 2 aromatic carbocycles. The normalized spacial score (nSPS) is 16.4. The Balaban J connectivity index is 1.58. The van der Waals surface area contributed by atoms with Gasteiger partial charge < -0.3 is 9.57 Å². The molecule has 0 unspecified atom stereocenters. The van der Waals surface area contributed by atoms with Crippen LogP contribution >= 0.6 is 0 Å². The van der Waals surface area contributed by atoms with Gasteiger partial charge in [0.1, 0.15) is 11.9 Å². The van der Waals surface area contributed by atoms with Crippen molar-refractivity contribution in [2.45, 2.75) is 37.1 Å². The van der Waals surface area contributed by atoms with Crippen LogP contribution in [0.1, 0.15) is 25.3 Å². The van der Waals surface area contributed by atoms with Crippen molar-refractivity contribution in [3.63, 3.8) is 0 Å². The van der Waals surface area contributed by atoms with Gasteiger partial charge in [-0.1, -0.05) is 23.4 Å². The lowest BCUT2D eigenvalue weighted by Crippen LogP contribution is -2.40. The summed E-state index contributed by atoms with van der Waals surface area (Å²) >= 11 is 0. The molecule has 0 radical (unpaired) electrons. The molecule has 0 aromatic heterocycles. The van der Waals surface area contributed by atoms with Crippen molar-refractivity contribution in [1.29, 1.82) is 0 Å². The zero-order chi connectivity index (χ0) is 23.4. The summed E-state index contributed by atoms with van der Waals surface area (Å²) < 4.78 is 67.4. The summed E-state index contributed by atoms with van der Waals surface area (Å²) in [5.41, 5.74) is 1.86. The van der Waals surface area contributed by atoms with Gasteiger partial charge in [-0.15, -0.1) is 13.2 Å². The zero-order valence-electron chi connectivity index (χ0n) is 17.0. The van der Waals surface area contributed by atoms with Gasteiger partial charge >= 0.3 is 6.36 Å². The molecule has 2 aromatic rings. The van der Waals surface area contributed by atoms with E-state index in [9.17, 15) is 21.6 Å². The molecule has 0 atom stereocenters. The Bertz CT molecular complexity index is 1120. The van der Waals surface area contributed by atoms with Gasteiger partial charge in [-0.2, -0.15) is 4.31 Å². The minimum absolute atomic E-state index is 0.111. The first kappa shape index (κ1) is 23.6. The van der Waals surface area contributed by atoms with Crippen molar-refractivity contribution in [2.75, 3.05) is 13.1 Å². The molecule has 0 saturated carbocycles. The lowest BCUT2D eigenvalue weighted by molar-refractivity contribution is -0.274. The molecular formula is C21H20F3N3O4S. The van der Waals surface area contributed by atoms with E-state index in [2.05, 4.69) is 14.7 Å². The van der Waals surface area contributed by atoms with Gasteiger partial charge in [-0.25, -0.2) is 13.3 Å². The van der Waals surface area contributed by atoms with Crippen LogP contribution in [0.25, 0.3) is 4.85 Å². The molecule has 0 aliphatic carbocycles. The second-order valence-electron chi connectivity index (χ2n) is 7.07. The van der Waals surface area contributed by atoms with E-state index < -0.39 is 22.1 Å². The van der Waals surface area contributed by atoms with Crippen LogP contribution in [0.4, 0.5) is 18.9 Å². The predicted molar refractivity (Wildman–Crippen MR) is 111 cm³/mol. The summed E-state index contributed by atoms with van der Waals surface area (Å²) in [6, 6.07) is 11.1. The Labute approximate surface area is 183 Å². The molecule has 7 nitrogen and oxygen atoms in total. The van der Waals surface area contributed by atoms with Crippen LogP contribution in [0, 0.1) is 6.57 Å². The minimum Gasteiger partial charge on any atom is -0.406 e. The molecule has 1 aliphatic heterocycles.